The summed E-state index contributed by atoms with van der Waals surface area (Å²) in [6, 6.07) is 23.3. The minimum atomic E-state index is 0.652. The largest absolute Gasteiger partial charge is 0.314 e. The van der Waals surface area contributed by atoms with Crippen LogP contribution >= 0.6 is 0 Å². The minimum absolute atomic E-state index is 0.652. The first-order valence-corrected chi connectivity index (χ1v) is 13.4. The van der Waals surface area contributed by atoms with Crippen molar-refractivity contribution < 1.29 is 0 Å². The average molecular weight is 435 g/mol. The molecule has 0 spiro atoms. The summed E-state index contributed by atoms with van der Waals surface area (Å²) in [6.07, 6.45) is 16.3. The third-order valence-electron chi connectivity index (χ3n) is 7.14. The number of piperidine rings is 1. The maximum Gasteiger partial charge on any atom is 0.0236 e. The number of likely N-dealkylation sites (tertiary alicyclic amines) is 1. The standard InChI is InChI=1S/C30H46N2/c1-27(16-8-4-2-3-5-9-17-28-18-10-6-11-19-28)31-24-23-30-22-14-15-25-32(30)26-29-20-12-7-13-21-29/h6-7,10-13,18-21,27,30-31H,2-5,8-9,14-17,22-26H2,1H3/t27-,30?/m0/s1. The van der Waals surface area contributed by atoms with E-state index in [1.165, 1.54) is 94.7 Å². The third kappa shape index (κ3) is 9.88. The van der Waals surface area contributed by atoms with E-state index in [1.807, 2.05) is 0 Å². The fourth-order valence-corrected chi connectivity index (χ4v) is 5.14. The molecule has 1 heterocycles. The lowest BCUT2D eigenvalue weighted by Crippen LogP contribution is -2.41. The molecule has 0 aromatic heterocycles. The quantitative estimate of drug-likeness (QED) is 0.294. The normalized spacial score (nSPS) is 18.0. The summed E-state index contributed by atoms with van der Waals surface area (Å²) in [4.78, 5) is 2.73. The van der Waals surface area contributed by atoms with Crippen LogP contribution in [-0.2, 0) is 13.0 Å². The number of nitrogens with zero attached hydrogens (tertiary/aromatic N) is 1. The van der Waals surface area contributed by atoms with Crippen molar-refractivity contribution in [2.24, 2.45) is 0 Å². The summed E-state index contributed by atoms with van der Waals surface area (Å²) >= 11 is 0. The maximum absolute atomic E-state index is 3.82. The molecule has 0 aliphatic carbocycles. The Kier molecular flexibility index (Phi) is 11.9. The number of nitrogens with one attached hydrogen (secondary N) is 1. The van der Waals surface area contributed by atoms with E-state index < -0.39 is 0 Å². The van der Waals surface area contributed by atoms with E-state index in [0.29, 0.717) is 6.04 Å². The van der Waals surface area contributed by atoms with Gasteiger partial charge in [-0.25, -0.2) is 0 Å². The Balaban J connectivity index is 1.19. The van der Waals surface area contributed by atoms with Crippen LogP contribution in [0.3, 0.4) is 0 Å². The van der Waals surface area contributed by atoms with Crippen LogP contribution in [0.15, 0.2) is 60.7 Å². The molecule has 2 aromatic carbocycles. The molecule has 1 aliphatic heterocycles. The van der Waals surface area contributed by atoms with Crippen LogP contribution in [0.25, 0.3) is 0 Å². The number of hydrogen-bond acceptors (Lipinski definition) is 2. The van der Waals surface area contributed by atoms with Crippen molar-refractivity contribution in [3.63, 3.8) is 0 Å². The molecule has 1 fully saturated rings. The lowest BCUT2D eigenvalue weighted by Gasteiger charge is -2.36. The molecule has 2 aromatic rings. The molecular formula is C30H46N2. The molecule has 176 valence electrons. The molecule has 1 aliphatic rings. The Morgan fingerprint density at radius 2 is 1.47 bits per heavy atom. The molecular weight excluding hydrogens is 388 g/mol. The zero-order valence-electron chi connectivity index (χ0n) is 20.5. The first-order valence-electron chi connectivity index (χ1n) is 13.4. The second-order valence-electron chi connectivity index (χ2n) is 9.90. The number of aryl methyl sites for hydroxylation is 1. The van der Waals surface area contributed by atoms with Gasteiger partial charge in [0.05, 0.1) is 0 Å². The van der Waals surface area contributed by atoms with Crippen LogP contribution in [0.5, 0.6) is 0 Å². The molecule has 0 radical (unpaired) electrons. The number of rotatable bonds is 15. The van der Waals surface area contributed by atoms with Crippen molar-refractivity contribution in [3.8, 4) is 0 Å². The topological polar surface area (TPSA) is 15.3 Å². The van der Waals surface area contributed by atoms with E-state index in [0.717, 1.165) is 19.1 Å². The molecule has 0 saturated carbocycles. The highest BCUT2D eigenvalue weighted by molar-refractivity contribution is 5.15. The van der Waals surface area contributed by atoms with E-state index in [-0.39, 0.29) is 0 Å². The zero-order chi connectivity index (χ0) is 22.3. The predicted molar refractivity (Wildman–Crippen MR) is 139 cm³/mol. The molecule has 1 unspecified atom stereocenters. The Bertz CT molecular complexity index is 699. The highest BCUT2D eigenvalue weighted by atomic mass is 15.2. The van der Waals surface area contributed by atoms with Gasteiger partial charge in [-0.3, -0.25) is 4.90 Å². The molecule has 1 saturated heterocycles. The monoisotopic (exact) mass is 434 g/mol. The lowest BCUT2D eigenvalue weighted by atomic mass is 9.98. The molecule has 0 bridgehead atoms. The minimum Gasteiger partial charge on any atom is -0.314 e. The van der Waals surface area contributed by atoms with Gasteiger partial charge in [0.1, 0.15) is 0 Å². The van der Waals surface area contributed by atoms with Crippen molar-refractivity contribution in [2.45, 2.75) is 103 Å². The van der Waals surface area contributed by atoms with Crippen molar-refractivity contribution in [2.75, 3.05) is 13.1 Å². The van der Waals surface area contributed by atoms with Gasteiger partial charge in [-0.05, 0) is 69.7 Å². The summed E-state index contributed by atoms with van der Waals surface area (Å²) in [5.74, 6) is 0. The van der Waals surface area contributed by atoms with Gasteiger partial charge in [0, 0.05) is 18.6 Å². The van der Waals surface area contributed by atoms with Crippen molar-refractivity contribution in [1.29, 1.82) is 0 Å². The summed E-state index contributed by atoms with van der Waals surface area (Å²) in [5, 5.41) is 3.82. The van der Waals surface area contributed by atoms with Crippen molar-refractivity contribution >= 4 is 0 Å². The van der Waals surface area contributed by atoms with E-state index in [2.05, 4.69) is 77.8 Å². The molecule has 2 heteroatoms. The van der Waals surface area contributed by atoms with Gasteiger partial charge in [0.2, 0.25) is 0 Å². The van der Waals surface area contributed by atoms with Gasteiger partial charge in [0.25, 0.3) is 0 Å². The van der Waals surface area contributed by atoms with E-state index >= 15 is 0 Å². The first kappa shape index (κ1) is 25.0. The van der Waals surface area contributed by atoms with Gasteiger partial charge >= 0.3 is 0 Å². The second kappa shape index (κ2) is 15.2. The van der Waals surface area contributed by atoms with Crippen LogP contribution in [0.1, 0.15) is 88.7 Å². The molecule has 1 N–H and O–H groups in total. The van der Waals surface area contributed by atoms with Gasteiger partial charge in [-0.2, -0.15) is 0 Å². The van der Waals surface area contributed by atoms with Crippen molar-refractivity contribution in [1.82, 2.24) is 10.2 Å². The number of benzene rings is 2. The Hall–Kier alpha value is -1.64. The van der Waals surface area contributed by atoms with E-state index in [4.69, 9.17) is 0 Å². The second-order valence-corrected chi connectivity index (χ2v) is 9.90. The van der Waals surface area contributed by atoms with Gasteiger partial charge in [-0.1, -0.05) is 99.2 Å². The summed E-state index contributed by atoms with van der Waals surface area (Å²) < 4.78 is 0. The average Bonchev–Trinajstić information content (AvgIpc) is 2.83. The molecule has 2 nitrogen and oxygen atoms in total. The molecule has 0 amide bonds. The smallest absolute Gasteiger partial charge is 0.0236 e. The fourth-order valence-electron chi connectivity index (χ4n) is 5.14. The van der Waals surface area contributed by atoms with Crippen molar-refractivity contribution in [3.05, 3.63) is 71.8 Å². The highest BCUT2D eigenvalue weighted by Crippen LogP contribution is 2.22. The van der Waals surface area contributed by atoms with Crippen LogP contribution < -0.4 is 5.32 Å². The summed E-state index contributed by atoms with van der Waals surface area (Å²) in [6.45, 7) is 5.92. The Morgan fingerprint density at radius 1 is 0.812 bits per heavy atom. The maximum atomic E-state index is 3.82. The zero-order valence-corrected chi connectivity index (χ0v) is 20.5. The van der Waals surface area contributed by atoms with E-state index in [9.17, 15) is 0 Å². The van der Waals surface area contributed by atoms with Crippen LogP contribution in [0, 0.1) is 0 Å². The van der Waals surface area contributed by atoms with Crippen LogP contribution in [0.4, 0.5) is 0 Å². The number of unbranched alkanes of at least 4 members (excludes halogenated alkanes) is 5. The Morgan fingerprint density at radius 3 is 2.22 bits per heavy atom. The number of hydrogen-bond donors (Lipinski definition) is 1. The molecule has 32 heavy (non-hydrogen) atoms. The first-order chi connectivity index (χ1) is 15.8. The SMILES string of the molecule is C[C@@H](CCCCCCCCc1ccccc1)NCCC1CCCCN1Cc1ccccc1. The predicted octanol–water partition coefficient (Wildman–Crippen LogP) is 7.38. The summed E-state index contributed by atoms with van der Waals surface area (Å²) in [5.41, 5.74) is 2.95. The summed E-state index contributed by atoms with van der Waals surface area (Å²) in [7, 11) is 0. The van der Waals surface area contributed by atoms with Gasteiger partial charge in [-0.15, -0.1) is 0 Å². The fraction of sp³-hybridized carbons (Fsp3) is 0.600. The molecule has 2 atom stereocenters. The van der Waals surface area contributed by atoms with Crippen LogP contribution in [0.2, 0.25) is 0 Å². The van der Waals surface area contributed by atoms with Crippen LogP contribution in [-0.4, -0.2) is 30.1 Å². The highest BCUT2D eigenvalue weighted by Gasteiger charge is 2.22. The Labute approximate surface area is 197 Å². The third-order valence-corrected chi connectivity index (χ3v) is 7.14. The molecule has 3 rings (SSSR count). The van der Waals surface area contributed by atoms with Gasteiger partial charge in [0.15, 0.2) is 0 Å². The lowest BCUT2D eigenvalue weighted by molar-refractivity contribution is 0.131. The van der Waals surface area contributed by atoms with Gasteiger partial charge < -0.3 is 5.32 Å². The van der Waals surface area contributed by atoms with E-state index in [1.54, 1.807) is 0 Å².